The number of benzene rings is 2. The lowest BCUT2D eigenvalue weighted by Gasteiger charge is -2.33. The van der Waals surface area contributed by atoms with Gasteiger partial charge in [0.1, 0.15) is 0 Å². The predicted octanol–water partition coefficient (Wildman–Crippen LogP) is 2.75. The maximum atomic E-state index is 9.11. The highest BCUT2D eigenvalue weighted by Gasteiger charge is 2.21. The van der Waals surface area contributed by atoms with E-state index in [9.17, 15) is 0 Å². The van der Waals surface area contributed by atoms with Crippen LogP contribution in [0.15, 0.2) is 54.6 Å². The van der Waals surface area contributed by atoms with Gasteiger partial charge in [0.2, 0.25) is 0 Å². The van der Waals surface area contributed by atoms with E-state index in [-0.39, 0.29) is 12.7 Å². The fourth-order valence-corrected chi connectivity index (χ4v) is 2.73. The third-order valence-electron chi connectivity index (χ3n) is 3.93. The lowest BCUT2D eigenvalue weighted by Crippen LogP contribution is -2.37. The fourth-order valence-electron chi connectivity index (χ4n) is 2.73. The summed E-state index contributed by atoms with van der Waals surface area (Å²) in [6.07, 6.45) is 0.121. The van der Waals surface area contributed by atoms with Crippen LogP contribution >= 0.6 is 0 Å². The van der Waals surface area contributed by atoms with Crippen LogP contribution in [0.3, 0.4) is 0 Å². The topological polar surface area (TPSA) is 32.7 Å². The van der Waals surface area contributed by atoms with Crippen molar-refractivity contribution in [2.45, 2.75) is 19.3 Å². The van der Waals surface area contributed by atoms with Gasteiger partial charge in [-0.25, -0.2) is 0 Å². The first-order valence-corrected chi connectivity index (χ1v) is 7.43. The molecule has 110 valence electrons. The van der Waals surface area contributed by atoms with E-state index in [1.54, 1.807) is 0 Å². The summed E-state index contributed by atoms with van der Waals surface area (Å²) >= 11 is 0. The molecule has 3 nitrogen and oxygen atoms in total. The van der Waals surface area contributed by atoms with E-state index in [0.717, 1.165) is 31.8 Å². The Bertz CT molecular complexity index is 553. The normalized spacial score (nSPS) is 19.6. The summed E-state index contributed by atoms with van der Waals surface area (Å²) in [4.78, 5) is 2.43. The molecule has 0 amide bonds. The minimum absolute atomic E-state index is 0.0892. The Kier molecular flexibility index (Phi) is 4.65. The molecule has 1 aliphatic rings. The molecule has 1 fully saturated rings. The van der Waals surface area contributed by atoms with Gasteiger partial charge in [-0.15, -0.1) is 0 Å². The molecule has 1 saturated heterocycles. The zero-order valence-corrected chi connectivity index (χ0v) is 12.1. The van der Waals surface area contributed by atoms with Crippen molar-refractivity contribution in [3.8, 4) is 0 Å². The molecule has 0 aliphatic carbocycles. The molecule has 21 heavy (non-hydrogen) atoms. The van der Waals surface area contributed by atoms with Crippen molar-refractivity contribution in [3.63, 3.8) is 0 Å². The highest BCUT2D eigenvalue weighted by molar-refractivity contribution is 5.24. The van der Waals surface area contributed by atoms with E-state index in [1.807, 2.05) is 18.2 Å². The van der Waals surface area contributed by atoms with Crippen molar-refractivity contribution in [1.29, 1.82) is 0 Å². The first-order chi connectivity index (χ1) is 10.3. The standard InChI is InChI=1S/C18H21NO2/c20-14-16-6-8-17(9-7-16)18-13-19(10-11-21-18)12-15-4-2-1-3-5-15/h1-9,18,20H,10-14H2. The lowest BCUT2D eigenvalue weighted by molar-refractivity contribution is -0.0329. The maximum Gasteiger partial charge on any atom is 0.0952 e. The van der Waals surface area contributed by atoms with Crippen LogP contribution in [0, 0.1) is 0 Å². The van der Waals surface area contributed by atoms with Crippen molar-refractivity contribution in [2.24, 2.45) is 0 Å². The average molecular weight is 283 g/mol. The van der Waals surface area contributed by atoms with Gasteiger partial charge in [-0.05, 0) is 16.7 Å². The van der Waals surface area contributed by atoms with Crippen molar-refractivity contribution < 1.29 is 9.84 Å². The van der Waals surface area contributed by atoms with Crippen LogP contribution in [0.5, 0.6) is 0 Å². The summed E-state index contributed by atoms with van der Waals surface area (Å²) in [5.74, 6) is 0. The molecule has 0 bridgehead atoms. The fraction of sp³-hybridized carbons (Fsp3) is 0.333. The zero-order chi connectivity index (χ0) is 14.5. The van der Waals surface area contributed by atoms with Gasteiger partial charge in [0.25, 0.3) is 0 Å². The monoisotopic (exact) mass is 283 g/mol. The van der Waals surface area contributed by atoms with E-state index in [1.165, 1.54) is 11.1 Å². The molecule has 1 heterocycles. The molecule has 1 aliphatic heterocycles. The Morgan fingerprint density at radius 1 is 1.00 bits per heavy atom. The van der Waals surface area contributed by atoms with Crippen LogP contribution in [0.25, 0.3) is 0 Å². The van der Waals surface area contributed by atoms with Crippen LogP contribution in [0.2, 0.25) is 0 Å². The van der Waals surface area contributed by atoms with Gasteiger partial charge in [-0.2, -0.15) is 0 Å². The second kappa shape index (κ2) is 6.85. The second-order valence-electron chi connectivity index (χ2n) is 5.48. The Balaban J connectivity index is 1.64. The van der Waals surface area contributed by atoms with Crippen LogP contribution in [-0.4, -0.2) is 29.7 Å². The largest absolute Gasteiger partial charge is 0.392 e. The molecule has 0 radical (unpaired) electrons. The van der Waals surface area contributed by atoms with Gasteiger partial charge < -0.3 is 9.84 Å². The molecule has 0 saturated carbocycles. The lowest BCUT2D eigenvalue weighted by atomic mass is 10.1. The van der Waals surface area contributed by atoms with Crippen molar-refractivity contribution in [2.75, 3.05) is 19.7 Å². The number of nitrogens with zero attached hydrogens (tertiary/aromatic N) is 1. The summed E-state index contributed by atoms with van der Waals surface area (Å²) in [7, 11) is 0. The zero-order valence-electron chi connectivity index (χ0n) is 12.1. The highest BCUT2D eigenvalue weighted by atomic mass is 16.5. The van der Waals surface area contributed by atoms with Crippen molar-refractivity contribution >= 4 is 0 Å². The van der Waals surface area contributed by atoms with Gasteiger partial charge in [-0.3, -0.25) is 4.90 Å². The molecule has 1 atom stereocenters. The molecule has 0 aromatic heterocycles. The average Bonchev–Trinajstić information content (AvgIpc) is 2.56. The summed E-state index contributed by atoms with van der Waals surface area (Å²) in [5.41, 5.74) is 3.47. The molecular formula is C18H21NO2. The van der Waals surface area contributed by atoms with Crippen molar-refractivity contribution in [3.05, 3.63) is 71.3 Å². The SMILES string of the molecule is OCc1ccc(C2CN(Cc3ccccc3)CCO2)cc1. The molecule has 3 rings (SSSR count). The molecule has 2 aromatic rings. The van der Waals surface area contributed by atoms with Gasteiger partial charge in [0, 0.05) is 19.6 Å². The molecule has 1 N–H and O–H groups in total. The van der Waals surface area contributed by atoms with E-state index < -0.39 is 0 Å². The van der Waals surface area contributed by atoms with Crippen LogP contribution in [-0.2, 0) is 17.9 Å². The first-order valence-electron chi connectivity index (χ1n) is 7.43. The second-order valence-corrected chi connectivity index (χ2v) is 5.48. The Hall–Kier alpha value is -1.68. The van der Waals surface area contributed by atoms with E-state index in [0.29, 0.717) is 0 Å². The number of morpholine rings is 1. The number of rotatable bonds is 4. The first kappa shape index (κ1) is 14.3. The Morgan fingerprint density at radius 3 is 2.48 bits per heavy atom. The molecule has 0 spiro atoms. The predicted molar refractivity (Wildman–Crippen MR) is 82.8 cm³/mol. The quantitative estimate of drug-likeness (QED) is 0.936. The third-order valence-corrected chi connectivity index (χ3v) is 3.93. The minimum atomic E-state index is 0.0892. The molecular weight excluding hydrogens is 262 g/mol. The smallest absolute Gasteiger partial charge is 0.0952 e. The highest BCUT2D eigenvalue weighted by Crippen LogP contribution is 2.23. The molecule has 1 unspecified atom stereocenters. The molecule has 3 heteroatoms. The number of aliphatic hydroxyl groups excluding tert-OH is 1. The van der Waals surface area contributed by atoms with Gasteiger partial charge >= 0.3 is 0 Å². The van der Waals surface area contributed by atoms with E-state index in [4.69, 9.17) is 9.84 Å². The Labute approximate surface area is 125 Å². The number of hydrogen-bond acceptors (Lipinski definition) is 3. The van der Waals surface area contributed by atoms with Crippen LogP contribution < -0.4 is 0 Å². The molecule has 2 aromatic carbocycles. The summed E-state index contributed by atoms with van der Waals surface area (Å²) < 4.78 is 5.90. The minimum Gasteiger partial charge on any atom is -0.392 e. The number of aliphatic hydroxyl groups is 1. The maximum absolute atomic E-state index is 9.11. The number of ether oxygens (including phenoxy) is 1. The van der Waals surface area contributed by atoms with E-state index >= 15 is 0 Å². The van der Waals surface area contributed by atoms with Crippen LogP contribution in [0.4, 0.5) is 0 Å². The summed E-state index contributed by atoms with van der Waals surface area (Å²) in [6.45, 7) is 3.70. The van der Waals surface area contributed by atoms with Gasteiger partial charge in [0.05, 0.1) is 19.3 Å². The Morgan fingerprint density at radius 2 is 1.76 bits per heavy atom. The third kappa shape index (κ3) is 3.70. The number of hydrogen-bond donors (Lipinski definition) is 1. The summed E-state index contributed by atoms with van der Waals surface area (Å²) in [5, 5.41) is 9.11. The van der Waals surface area contributed by atoms with E-state index in [2.05, 4.69) is 41.3 Å². The summed E-state index contributed by atoms with van der Waals surface area (Å²) in [6, 6.07) is 18.6. The van der Waals surface area contributed by atoms with Crippen LogP contribution in [0.1, 0.15) is 22.8 Å². The van der Waals surface area contributed by atoms with Crippen molar-refractivity contribution in [1.82, 2.24) is 4.90 Å². The van der Waals surface area contributed by atoms with Gasteiger partial charge in [-0.1, -0.05) is 54.6 Å². The van der Waals surface area contributed by atoms with Gasteiger partial charge in [0.15, 0.2) is 0 Å².